The molecule has 254 valence electrons. The Labute approximate surface area is 320 Å². The molecule has 0 N–H and O–H groups in total. The van der Waals surface area contributed by atoms with Crippen molar-refractivity contribution in [2.75, 3.05) is 0 Å². The summed E-state index contributed by atoms with van der Waals surface area (Å²) in [6.07, 6.45) is 17.3. The standard InChI is InChI=1S/C40H52Br2S3SeSi/c1-7-8-9-10-11-12-13-14-15-16-17-28-18-20-29(21-19-28)34-26-32(41)35(45-34)22-30-23-36-37(43-30)24-31(44-36)25-38-33(42)27-39(46-38)47(5,6)40(2,3)4/h18-21,23-24,26-27H,7-17,22,25H2,1-6H3. The first-order chi connectivity index (χ1) is 22.4. The number of hydrogen-bond acceptors (Lipinski definition) is 3. The SMILES string of the molecule is CCCCCCCCCCCCc1ccc(-c2cc(Br)c(Cc3cc4sc(Cc5[se]c([Si](C)(C)C(C)(C)C)cc5Br)cc4s3)s2)cc1. The average molecular weight is 896 g/mol. The van der Waals surface area contributed by atoms with E-state index in [4.69, 9.17) is 0 Å². The Kier molecular flexibility index (Phi) is 14.0. The van der Waals surface area contributed by atoms with Crippen molar-refractivity contribution < 1.29 is 0 Å². The molecule has 0 saturated carbocycles. The van der Waals surface area contributed by atoms with Crippen molar-refractivity contribution in [3.63, 3.8) is 0 Å². The van der Waals surface area contributed by atoms with Crippen molar-refractivity contribution in [2.45, 2.75) is 129 Å². The molecular weight excluding hydrogens is 843 g/mol. The Morgan fingerprint density at radius 2 is 1.26 bits per heavy atom. The van der Waals surface area contributed by atoms with Gasteiger partial charge >= 0.3 is 216 Å². The number of halogens is 2. The maximum atomic E-state index is 3.95. The predicted molar refractivity (Wildman–Crippen MR) is 226 cm³/mol. The van der Waals surface area contributed by atoms with Gasteiger partial charge in [-0.05, 0) is 18.4 Å². The fraction of sp³-hybridized carbons (Fsp3) is 0.500. The van der Waals surface area contributed by atoms with Crippen LogP contribution in [0.2, 0.25) is 18.1 Å². The zero-order valence-corrected chi connectivity index (χ0v) is 37.5. The van der Waals surface area contributed by atoms with Gasteiger partial charge in [-0.25, -0.2) is 0 Å². The molecule has 1 aromatic carbocycles. The van der Waals surface area contributed by atoms with Gasteiger partial charge in [0, 0.05) is 0 Å². The van der Waals surface area contributed by atoms with Gasteiger partial charge in [0.05, 0.1) is 0 Å². The van der Waals surface area contributed by atoms with E-state index in [1.807, 2.05) is 34.0 Å². The van der Waals surface area contributed by atoms with Gasteiger partial charge in [-0.3, -0.25) is 0 Å². The summed E-state index contributed by atoms with van der Waals surface area (Å²) in [5, 5.41) is 0.389. The van der Waals surface area contributed by atoms with E-state index in [9.17, 15) is 0 Å². The van der Waals surface area contributed by atoms with Crippen LogP contribution in [0.5, 0.6) is 0 Å². The van der Waals surface area contributed by atoms with Gasteiger partial charge in [-0.15, -0.1) is 0 Å². The normalized spacial score (nSPS) is 12.5. The van der Waals surface area contributed by atoms with Gasteiger partial charge in [-0.1, -0.05) is 89.0 Å². The Hall–Kier alpha value is -0.244. The molecule has 0 nitrogen and oxygen atoms in total. The summed E-state index contributed by atoms with van der Waals surface area (Å²) in [6.45, 7) is 14.7. The van der Waals surface area contributed by atoms with Crippen molar-refractivity contribution in [3.8, 4) is 10.4 Å². The molecule has 0 atom stereocenters. The number of fused-ring (bicyclic) bond motifs is 1. The van der Waals surface area contributed by atoms with Crippen molar-refractivity contribution in [2.24, 2.45) is 0 Å². The second-order valence-corrected chi connectivity index (χ2v) is 28.4. The number of unbranched alkanes of at least 4 members (excludes halogenated alkanes) is 9. The number of aryl methyl sites for hydroxylation is 1. The number of thiophene rings is 3. The minimum absolute atomic E-state index is 0.389. The Bertz CT molecular complexity index is 1680. The van der Waals surface area contributed by atoms with E-state index in [2.05, 4.69) is 121 Å². The largest absolute Gasteiger partial charge is 0.0584 e. The summed E-state index contributed by atoms with van der Waals surface area (Å²) >= 11 is 14.2. The zero-order valence-electron chi connectivity index (χ0n) is 29.2. The maximum absolute atomic E-state index is 3.95. The van der Waals surface area contributed by atoms with E-state index in [0.717, 1.165) is 12.8 Å². The van der Waals surface area contributed by atoms with Crippen LogP contribution in [0.3, 0.4) is 0 Å². The maximum Gasteiger partial charge on any atom is -0.0533 e. The van der Waals surface area contributed by atoms with Crippen molar-refractivity contribution >= 4 is 102 Å². The van der Waals surface area contributed by atoms with Crippen molar-refractivity contribution in [1.29, 1.82) is 0 Å². The Balaban J connectivity index is 1.12. The smallest absolute Gasteiger partial charge is 0.0533 e. The van der Waals surface area contributed by atoms with E-state index in [-0.39, 0.29) is 0 Å². The van der Waals surface area contributed by atoms with Crippen LogP contribution in [0.15, 0.2) is 57.5 Å². The molecule has 0 radical (unpaired) electrons. The summed E-state index contributed by atoms with van der Waals surface area (Å²) in [6, 6.07) is 19.1. The van der Waals surface area contributed by atoms with Crippen molar-refractivity contribution in [3.05, 3.63) is 82.1 Å². The fourth-order valence-corrected chi connectivity index (χ4v) is 19.3. The quantitative estimate of drug-likeness (QED) is 0.0644. The van der Waals surface area contributed by atoms with E-state index in [1.165, 1.54) is 120 Å². The zero-order chi connectivity index (χ0) is 33.6. The van der Waals surface area contributed by atoms with Gasteiger partial charge in [0.25, 0.3) is 0 Å². The first kappa shape index (κ1) is 38.0. The van der Waals surface area contributed by atoms with Crippen LogP contribution in [0.25, 0.3) is 19.8 Å². The molecule has 0 aliphatic carbocycles. The molecule has 0 amide bonds. The first-order valence-electron chi connectivity index (χ1n) is 17.6. The minimum atomic E-state index is -1.46. The Morgan fingerprint density at radius 3 is 1.85 bits per heavy atom. The Morgan fingerprint density at radius 1 is 0.681 bits per heavy atom. The molecule has 4 heterocycles. The molecule has 47 heavy (non-hydrogen) atoms. The summed E-state index contributed by atoms with van der Waals surface area (Å²) < 4.78 is 8.87. The molecule has 0 unspecified atom stereocenters. The predicted octanol–water partition coefficient (Wildman–Crippen LogP) is 14.6. The van der Waals surface area contributed by atoms with E-state index in [1.54, 1.807) is 8.50 Å². The third-order valence-corrected chi connectivity index (χ3v) is 26.6. The minimum Gasteiger partial charge on any atom is -0.0584 e. The third kappa shape index (κ3) is 10.2. The molecule has 0 aliphatic heterocycles. The fourth-order valence-electron chi connectivity index (χ4n) is 5.95. The number of benzene rings is 1. The molecule has 0 spiro atoms. The summed E-state index contributed by atoms with van der Waals surface area (Å²) in [7, 11) is -1.46. The molecule has 5 aromatic rings. The summed E-state index contributed by atoms with van der Waals surface area (Å²) in [5.74, 6) is 0. The van der Waals surface area contributed by atoms with Crippen LogP contribution < -0.4 is 4.06 Å². The van der Waals surface area contributed by atoms with Crippen LogP contribution >= 0.6 is 65.9 Å². The number of hydrogen-bond donors (Lipinski definition) is 0. The molecule has 5 rings (SSSR count). The van der Waals surface area contributed by atoms with E-state index >= 15 is 0 Å². The topological polar surface area (TPSA) is 0 Å². The third-order valence-electron chi connectivity index (χ3n) is 10.0. The van der Waals surface area contributed by atoms with Gasteiger partial charge in [0.15, 0.2) is 0 Å². The first-order valence-corrected chi connectivity index (χ1v) is 26.4. The van der Waals surface area contributed by atoms with Gasteiger partial charge < -0.3 is 0 Å². The molecular formula is C40H52Br2S3SeSi. The molecule has 4 aromatic heterocycles. The van der Waals surface area contributed by atoms with Crippen LogP contribution in [-0.2, 0) is 19.3 Å². The van der Waals surface area contributed by atoms with Crippen LogP contribution in [0.4, 0.5) is 0 Å². The van der Waals surface area contributed by atoms with Crippen LogP contribution in [0.1, 0.15) is 117 Å². The number of rotatable bonds is 17. The second kappa shape index (κ2) is 17.3. The van der Waals surface area contributed by atoms with Gasteiger partial charge in [0.1, 0.15) is 0 Å². The van der Waals surface area contributed by atoms with Gasteiger partial charge in [-0.2, -0.15) is 0 Å². The molecule has 0 aliphatic rings. The van der Waals surface area contributed by atoms with Crippen LogP contribution in [-0.4, -0.2) is 22.6 Å². The monoisotopic (exact) mass is 894 g/mol. The molecule has 7 heteroatoms. The van der Waals surface area contributed by atoms with Crippen LogP contribution in [0, 0.1) is 0 Å². The second-order valence-electron chi connectivity index (χ2n) is 14.8. The summed E-state index contributed by atoms with van der Waals surface area (Å²) in [4.78, 5) is 5.76. The average Bonchev–Trinajstić information content (AvgIpc) is 3.78. The molecule has 0 bridgehead atoms. The van der Waals surface area contributed by atoms with Gasteiger partial charge in [0.2, 0.25) is 0 Å². The van der Waals surface area contributed by atoms with E-state index < -0.39 is 8.07 Å². The van der Waals surface area contributed by atoms with E-state index in [0.29, 0.717) is 19.5 Å². The molecule has 0 fully saturated rings. The van der Waals surface area contributed by atoms with Crippen molar-refractivity contribution in [1.82, 2.24) is 0 Å². The summed E-state index contributed by atoms with van der Waals surface area (Å²) in [5.41, 5.74) is 2.82. The molecule has 0 saturated heterocycles.